The highest BCUT2D eigenvalue weighted by atomic mass is 35.5. The Morgan fingerprint density at radius 1 is 1.24 bits per heavy atom. The van der Waals surface area contributed by atoms with Crippen LogP contribution in [0.3, 0.4) is 0 Å². The Kier molecular flexibility index (Phi) is 9.51. The van der Waals surface area contributed by atoms with E-state index >= 15 is 0 Å². The van der Waals surface area contributed by atoms with E-state index in [9.17, 15) is 5.11 Å². The molecule has 1 unspecified atom stereocenters. The number of aliphatic hydroxyl groups is 1. The van der Waals surface area contributed by atoms with Crippen LogP contribution in [0.25, 0.3) is 10.9 Å². The lowest BCUT2D eigenvalue weighted by Crippen LogP contribution is -2.45. The number of benzene rings is 1. The molecule has 0 fully saturated rings. The van der Waals surface area contributed by atoms with Crippen molar-refractivity contribution in [1.29, 1.82) is 0 Å². The van der Waals surface area contributed by atoms with Crippen LogP contribution in [0.4, 0.5) is 5.69 Å². The number of hydrogen-bond acceptors (Lipinski definition) is 5. The number of nitrogens with zero attached hydrogens (tertiary/aromatic N) is 1. The summed E-state index contributed by atoms with van der Waals surface area (Å²) >= 11 is 0. The van der Waals surface area contributed by atoms with E-state index in [2.05, 4.69) is 36.4 Å². The van der Waals surface area contributed by atoms with Gasteiger partial charge in [0.25, 0.3) is 0 Å². The fourth-order valence-electron chi connectivity index (χ4n) is 2.39. The second-order valence-electron chi connectivity index (χ2n) is 6.59. The Balaban J connectivity index is 0.00000288. The molecule has 0 aliphatic rings. The number of fused-ring (bicyclic) bond motifs is 1. The molecule has 1 heterocycles. The normalized spacial score (nSPS) is 12.9. The average Bonchev–Trinajstić information content (AvgIpc) is 2.51. The van der Waals surface area contributed by atoms with Crippen molar-refractivity contribution in [2.45, 2.75) is 39.3 Å². The van der Waals surface area contributed by atoms with Crippen LogP contribution in [0.5, 0.6) is 5.75 Å². The minimum Gasteiger partial charge on any atom is -0.497 e. The third-order valence-corrected chi connectivity index (χ3v) is 3.82. The summed E-state index contributed by atoms with van der Waals surface area (Å²) in [6, 6.07) is 6.22. The molecule has 2 rings (SSSR count). The third kappa shape index (κ3) is 6.51. The number of anilines is 1. The summed E-state index contributed by atoms with van der Waals surface area (Å²) in [6.45, 7) is 8.93. The van der Waals surface area contributed by atoms with Gasteiger partial charge in [-0.2, -0.15) is 0 Å². The van der Waals surface area contributed by atoms with E-state index in [0.29, 0.717) is 19.1 Å². The van der Waals surface area contributed by atoms with Gasteiger partial charge in [-0.05, 0) is 31.5 Å². The van der Waals surface area contributed by atoms with Crippen molar-refractivity contribution in [1.82, 2.24) is 10.3 Å². The van der Waals surface area contributed by atoms with E-state index in [1.807, 2.05) is 25.1 Å². The topological polar surface area (TPSA) is 66.4 Å². The molecule has 2 aromatic rings. The van der Waals surface area contributed by atoms with Crippen molar-refractivity contribution in [3.63, 3.8) is 0 Å². The first-order chi connectivity index (χ1) is 10.8. The van der Waals surface area contributed by atoms with Gasteiger partial charge in [-0.1, -0.05) is 13.8 Å². The quantitative estimate of drug-likeness (QED) is 0.675. The first kappa shape index (κ1) is 23.7. The Labute approximate surface area is 162 Å². The van der Waals surface area contributed by atoms with E-state index in [1.165, 1.54) is 0 Å². The molecule has 142 valence electrons. The van der Waals surface area contributed by atoms with Gasteiger partial charge in [0.2, 0.25) is 0 Å². The van der Waals surface area contributed by atoms with Crippen molar-refractivity contribution in [2.75, 3.05) is 25.5 Å². The largest absolute Gasteiger partial charge is 0.497 e. The summed E-state index contributed by atoms with van der Waals surface area (Å²) in [7, 11) is 1.65. The summed E-state index contributed by atoms with van der Waals surface area (Å²) in [5.41, 5.74) is 2.04. The lowest BCUT2D eigenvalue weighted by atomic mass is 10.1. The number of ether oxygens (including phenoxy) is 1. The predicted octanol–water partition coefficient (Wildman–Crippen LogP) is 3.56. The number of rotatable bonds is 7. The fraction of sp³-hybridized carbons (Fsp3) is 0.500. The zero-order valence-electron chi connectivity index (χ0n) is 15.4. The van der Waals surface area contributed by atoms with E-state index in [4.69, 9.17) is 4.74 Å². The van der Waals surface area contributed by atoms with E-state index in [0.717, 1.165) is 27.9 Å². The molecule has 1 atom stereocenters. The van der Waals surface area contributed by atoms with E-state index < -0.39 is 5.60 Å². The fourth-order valence-corrected chi connectivity index (χ4v) is 2.39. The van der Waals surface area contributed by atoms with Gasteiger partial charge in [0.05, 0.1) is 23.9 Å². The molecule has 0 bridgehead atoms. The van der Waals surface area contributed by atoms with Gasteiger partial charge in [-0.15, -0.1) is 24.8 Å². The molecule has 1 aromatic heterocycles. The molecular formula is C18H29Cl2N3O2. The van der Waals surface area contributed by atoms with Crippen molar-refractivity contribution >= 4 is 41.4 Å². The maximum absolute atomic E-state index is 10.5. The van der Waals surface area contributed by atoms with Crippen LogP contribution in [-0.4, -0.2) is 41.9 Å². The highest BCUT2D eigenvalue weighted by Gasteiger charge is 2.21. The lowest BCUT2D eigenvalue weighted by Gasteiger charge is -2.26. The van der Waals surface area contributed by atoms with Gasteiger partial charge >= 0.3 is 0 Å². The van der Waals surface area contributed by atoms with Crippen LogP contribution in [0, 0.1) is 6.92 Å². The van der Waals surface area contributed by atoms with Gasteiger partial charge in [-0.3, -0.25) is 4.98 Å². The molecule has 5 nitrogen and oxygen atoms in total. The third-order valence-electron chi connectivity index (χ3n) is 3.82. The number of aryl methyl sites for hydroxylation is 1. The zero-order chi connectivity index (χ0) is 17.0. The molecule has 0 radical (unpaired) electrons. The first-order valence-electron chi connectivity index (χ1n) is 7.95. The number of methoxy groups -OCH3 is 1. The number of hydrogen-bond donors (Lipinski definition) is 3. The van der Waals surface area contributed by atoms with Crippen molar-refractivity contribution < 1.29 is 9.84 Å². The van der Waals surface area contributed by atoms with Crippen LogP contribution in [0.1, 0.15) is 26.3 Å². The minimum absolute atomic E-state index is 0. The van der Waals surface area contributed by atoms with Gasteiger partial charge < -0.3 is 20.5 Å². The highest BCUT2D eigenvalue weighted by Crippen LogP contribution is 2.30. The molecular weight excluding hydrogens is 361 g/mol. The summed E-state index contributed by atoms with van der Waals surface area (Å²) in [5, 5.41) is 18.1. The predicted molar refractivity (Wildman–Crippen MR) is 110 cm³/mol. The van der Waals surface area contributed by atoms with Gasteiger partial charge in [0.15, 0.2) is 0 Å². The second-order valence-corrected chi connectivity index (χ2v) is 6.59. The number of halogens is 2. The minimum atomic E-state index is -0.858. The standard InChI is InChI=1S/C18H27N3O2.2ClH/c1-12(2)20-10-18(4,22)11-21-16-9-14(23-5)8-15-13(3)6-7-19-17(15)16;;/h6-9,12,20-22H,10-11H2,1-5H3;2*1H. The summed E-state index contributed by atoms with van der Waals surface area (Å²) in [5.74, 6) is 0.774. The molecule has 25 heavy (non-hydrogen) atoms. The van der Waals surface area contributed by atoms with Crippen LogP contribution < -0.4 is 15.4 Å². The molecule has 3 N–H and O–H groups in total. The Hall–Kier alpha value is -1.27. The molecule has 0 spiro atoms. The molecule has 0 aliphatic carbocycles. The molecule has 0 saturated heterocycles. The van der Waals surface area contributed by atoms with Crippen LogP contribution >= 0.6 is 24.8 Å². The maximum atomic E-state index is 10.5. The molecule has 0 amide bonds. The monoisotopic (exact) mass is 389 g/mol. The van der Waals surface area contributed by atoms with Gasteiger partial charge in [-0.25, -0.2) is 0 Å². The first-order valence-corrected chi connectivity index (χ1v) is 7.95. The van der Waals surface area contributed by atoms with Crippen molar-refractivity contribution in [3.8, 4) is 5.75 Å². The number of aromatic nitrogens is 1. The van der Waals surface area contributed by atoms with Crippen molar-refractivity contribution in [3.05, 3.63) is 30.0 Å². The Morgan fingerprint density at radius 3 is 2.52 bits per heavy atom. The summed E-state index contributed by atoms with van der Waals surface area (Å²) < 4.78 is 5.39. The van der Waals surface area contributed by atoms with Crippen LogP contribution in [-0.2, 0) is 0 Å². The maximum Gasteiger partial charge on any atom is 0.121 e. The smallest absolute Gasteiger partial charge is 0.121 e. The van der Waals surface area contributed by atoms with E-state index in [-0.39, 0.29) is 24.8 Å². The summed E-state index contributed by atoms with van der Waals surface area (Å²) in [4.78, 5) is 4.48. The Morgan fingerprint density at radius 2 is 1.92 bits per heavy atom. The zero-order valence-corrected chi connectivity index (χ0v) is 17.1. The Bertz CT molecular complexity index is 679. The summed E-state index contributed by atoms with van der Waals surface area (Å²) in [6.07, 6.45) is 1.80. The van der Waals surface area contributed by atoms with E-state index in [1.54, 1.807) is 13.3 Å². The van der Waals surface area contributed by atoms with Gasteiger partial charge in [0, 0.05) is 36.8 Å². The van der Waals surface area contributed by atoms with Gasteiger partial charge in [0.1, 0.15) is 5.75 Å². The molecule has 7 heteroatoms. The lowest BCUT2D eigenvalue weighted by molar-refractivity contribution is 0.0711. The molecule has 1 aromatic carbocycles. The van der Waals surface area contributed by atoms with Crippen molar-refractivity contribution in [2.24, 2.45) is 0 Å². The highest BCUT2D eigenvalue weighted by molar-refractivity contribution is 5.93. The SMILES string of the molecule is COc1cc(NCC(C)(O)CNC(C)C)c2nccc(C)c2c1.Cl.Cl. The molecule has 0 aliphatic heterocycles. The molecule has 0 saturated carbocycles. The number of pyridine rings is 1. The van der Waals surface area contributed by atoms with Crippen LogP contribution in [0.2, 0.25) is 0 Å². The second kappa shape index (κ2) is 10.0. The van der Waals surface area contributed by atoms with Crippen LogP contribution in [0.15, 0.2) is 24.4 Å². The number of nitrogens with one attached hydrogen (secondary N) is 2. The average molecular weight is 390 g/mol.